The van der Waals surface area contributed by atoms with Crippen LogP contribution in [-0.4, -0.2) is 38.5 Å². The van der Waals surface area contributed by atoms with Crippen molar-refractivity contribution < 1.29 is 4.79 Å². The van der Waals surface area contributed by atoms with Gasteiger partial charge in [0, 0.05) is 23.9 Å². The molecule has 1 N–H and O–H groups in total. The molecule has 3 aromatic rings. The van der Waals surface area contributed by atoms with Crippen molar-refractivity contribution in [2.75, 3.05) is 18.4 Å². The number of anilines is 1. The molecule has 2 fully saturated rings. The third-order valence-electron chi connectivity index (χ3n) is 5.97. The highest BCUT2D eigenvalue weighted by Crippen LogP contribution is 2.30. The van der Waals surface area contributed by atoms with E-state index in [1.165, 1.54) is 5.56 Å². The monoisotopic (exact) mass is 400 g/mol. The predicted molar refractivity (Wildman–Crippen MR) is 113 cm³/mol. The third-order valence-corrected chi connectivity index (χ3v) is 5.97. The lowest BCUT2D eigenvalue weighted by Gasteiger charge is -2.29. The minimum absolute atomic E-state index is 0.00983. The molecule has 0 spiro atoms. The molecule has 0 bridgehead atoms. The molecular formula is C23H24N6O. The molecule has 1 aliphatic carbocycles. The Morgan fingerprint density at radius 3 is 2.57 bits per heavy atom. The first-order valence-electron chi connectivity index (χ1n) is 10.6. The third kappa shape index (κ3) is 3.91. The van der Waals surface area contributed by atoms with E-state index in [1.54, 1.807) is 4.52 Å². The summed E-state index contributed by atoms with van der Waals surface area (Å²) in [6.07, 6.45) is 3.82. The summed E-state index contributed by atoms with van der Waals surface area (Å²) in [4.78, 5) is 18.9. The van der Waals surface area contributed by atoms with Gasteiger partial charge in [-0.15, -0.1) is 5.10 Å². The average molecular weight is 400 g/mol. The van der Waals surface area contributed by atoms with Gasteiger partial charge in [0.2, 0.25) is 11.9 Å². The highest BCUT2D eigenvalue weighted by molar-refractivity contribution is 5.92. The van der Waals surface area contributed by atoms with Gasteiger partial charge in [0.25, 0.3) is 0 Å². The van der Waals surface area contributed by atoms with E-state index in [-0.39, 0.29) is 17.7 Å². The first kappa shape index (κ1) is 18.8. The molecule has 0 atom stereocenters. The molecule has 0 unspecified atom stereocenters. The zero-order valence-corrected chi connectivity index (χ0v) is 16.8. The summed E-state index contributed by atoms with van der Waals surface area (Å²) in [5.74, 6) is 0.701. The number of hydrogen-bond acceptors (Lipinski definition) is 5. The van der Waals surface area contributed by atoms with Crippen LogP contribution in [0.3, 0.4) is 0 Å². The Labute approximate surface area is 175 Å². The number of nitrogens with one attached hydrogen (secondary N) is 1. The van der Waals surface area contributed by atoms with Crippen LogP contribution in [0.4, 0.5) is 5.95 Å². The van der Waals surface area contributed by atoms with E-state index in [2.05, 4.69) is 50.6 Å². The number of piperidine rings is 1. The number of benzene rings is 1. The highest BCUT2D eigenvalue weighted by atomic mass is 16.2. The standard InChI is InChI=1S/C23H24N6O/c24-14-16-10-12-28(13-11-16)15-17-4-6-18(7-5-17)20-2-1-3-21-25-23(27-29(20)21)26-22(30)19-8-9-19/h1-7,16,19H,8-13,15H2,(H,26,27,30). The van der Waals surface area contributed by atoms with Gasteiger partial charge >= 0.3 is 0 Å². The van der Waals surface area contributed by atoms with Gasteiger partial charge < -0.3 is 0 Å². The van der Waals surface area contributed by atoms with Crippen molar-refractivity contribution in [2.24, 2.45) is 11.8 Å². The Morgan fingerprint density at radius 1 is 1.10 bits per heavy atom. The summed E-state index contributed by atoms with van der Waals surface area (Å²) in [6, 6.07) is 16.8. The number of likely N-dealkylation sites (tertiary alicyclic amines) is 1. The molecule has 5 rings (SSSR count). The smallest absolute Gasteiger partial charge is 0.249 e. The number of pyridine rings is 1. The fraction of sp³-hybridized carbons (Fsp3) is 0.391. The van der Waals surface area contributed by atoms with Crippen LogP contribution in [-0.2, 0) is 11.3 Å². The first-order valence-corrected chi connectivity index (χ1v) is 10.6. The lowest BCUT2D eigenvalue weighted by atomic mass is 9.98. The van der Waals surface area contributed by atoms with Crippen molar-refractivity contribution in [1.82, 2.24) is 19.5 Å². The van der Waals surface area contributed by atoms with Gasteiger partial charge in [-0.05, 0) is 56.5 Å². The molecule has 1 aromatic carbocycles. The largest absolute Gasteiger partial charge is 0.299 e. The van der Waals surface area contributed by atoms with Gasteiger partial charge in [-0.3, -0.25) is 15.0 Å². The van der Waals surface area contributed by atoms with Gasteiger partial charge in [-0.25, -0.2) is 4.52 Å². The van der Waals surface area contributed by atoms with Crippen LogP contribution in [0.25, 0.3) is 16.9 Å². The van der Waals surface area contributed by atoms with E-state index < -0.39 is 0 Å². The summed E-state index contributed by atoms with van der Waals surface area (Å²) in [5, 5.41) is 16.4. The molecule has 1 saturated carbocycles. The maximum Gasteiger partial charge on any atom is 0.249 e. The van der Waals surface area contributed by atoms with Crippen LogP contribution in [0.1, 0.15) is 31.2 Å². The van der Waals surface area contributed by atoms with E-state index in [0.717, 1.165) is 56.6 Å². The number of fused-ring (bicyclic) bond motifs is 1. The number of carbonyl (C=O) groups is 1. The predicted octanol–water partition coefficient (Wildman–Crippen LogP) is 3.48. The van der Waals surface area contributed by atoms with Gasteiger partial charge in [0.15, 0.2) is 5.65 Å². The number of hydrogen-bond donors (Lipinski definition) is 1. The molecule has 7 heteroatoms. The van der Waals surface area contributed by atoms with Crippen LogP contribution < -0.4 is 5.32 Å². The van der Waals surface area contributed by atoms with Crippen LogP contribution in [0.15, 0.2) is 42.5 Å². The lowest BCUT2D eigenvalue weighted by Crippen LogP contribution is -2.32. The first-order chi connectivity index (χ1) is 14.7. The second-order valence-electron chi connectivity index (χ2n) is 8.26. The molecule has 7 nitrogen and oxygen atoms in total. The van der Waals surface area contributed by atoms with Gasteiger partial charge in [-0.2, -0.15) is 10.2 Å². The average Bonchev–Trinajstić information content (AvgIpc) is 3.55. The van der Waals surface area contributed by atoms with E-state index in [1.807, 2.05) is 18.2 Å². The maximum atomic E-state index is 12.0. The second kappa shape index (κ2) is 7.88. The zero-order valence-electron chi connectivity index (χ0n) is 16.8. The van der Waals surface area contributed by atoms with E-state index >= 15 is 0 Å². The van der Waals surface area contributed by atoms with E-state index in [9.17, 15) is 4.79 Å². The summed E-state index contributed by atoms with van der Waals surface area (Å²) in [5.41, 5.74) is 3.96. The number of nitriles is 1. The Kier molecular flexibility index (Phi) is 4.93. The van der Waals surface area contributed by atoms with Crippen LogP contribution in [0, 0.1) is 23.2 Å². The van der Waals surface area contributed by atoms with Gasteiger partial charge in [0.05, 0.1) is 11.8 Å². The maximum absolute atomic E-state index is 12.0. The minimum atomic E-state index is 0.00983. The summed E-state index contributed by atoms with van der Waals surface area (Å²) < 4.78 is 1.78. The summed E-state index contributed by atoms with van der Waals surface area (Å²) in [7, 11) is 0. The van der Waals surface area contributed by atoms with Gasteiger partial charge in [0.1, 0.15) is 0 Å². The summed E-state index contributed by atoms with van der Waals surface area (Å²) >= 11 is 0. The normalized spacial score (nSPS) is 17.7. The lowest BCUT2D eigenvalue weighted by molar-refractivity contribution is -0.117. The fourth-order valence-corrected chi connectivity index (χ4v) is 3.99. The van der Waals surface area contributed by atoms with Crippen molar-refractivity contribution in [2.45, 2.75) is 32.2 Å². The second-order valence-corrected chi connectivity index (χ2v) is 8.26. The van der Waals surface area contributed by atoms with E-state index in [4.69, 9.17) is 5.26 Å². The number of rotatable bonds is 5. The molecule has 1 aliphatic heterocycles. The minimum Gasteiger partial charge on any atom is -0.299 e. The Hall–Kier alpha value is -3.24. The molecule has 2 aliphatic rings. The zero-order chi connectivity index (χ0) is 20.5. The number of nitrogens with zero attached hydrogens (tertiary/aromatic N) is 5. The quantitative estimate of drug-likeness (QED) is 0.709. The Balaban J connectivity index is 1.32. The van der Waals surface area contributed by atoms with E-state index in [0.29, 0.717) is 11.6 Å². The SMILES string of the molecule is N#CC1CCN(Cc2ccc(-c3cccc4nc(NC(=O)C5CC5)nn34)cc2)CC1. The summed E-state index contributed by atoms with van der Waals surface area (Å²) in [6.45, 7) is 2.87. The number of aromatic nitrogens is 3. The molecule has 30 heavy (non-hydrogen) atoms. The van der Waals surface area contributed by atoms with Crippen molar-refractivity contribution in [3.8, 4) is 17.3 Å². The molecule has 1 saturated heterocycles. The van der Waals surface area contributed by atoms with Crippen LogP contribution >= 0.6 is 0 Å². The molecule has 1 amide bonds. The number of carbonyl (C=O) groups excluding carboxylic acids is 1. The fourth-order valence-electron chi connectivity index (χ4n) is 3.99. The molecule has 3 heterocycles. The van der Waals surface area contributed by atoms with Crippen molar-refractivity contribution >= 4 is 17.5 Å². The Morgan fingerprint density at radius 2 is 1.87 bits per heavy atom. The molecule has 0 radical (unpaired) electrons. The van der Waals surface area contributed by atoms with Crippen molar-refractivity contribution in [1.29, 1.82) is 5.26 Å². The van der Waals surface area contributed by atoms with Crippen LogP contribution in [0.5, 0.6) is 0 Å². The topological polar surface area (TPSA) is 86.3 Å². The molecular weight excluding hydrogens is 376 g/mol. The van der Waals surface area contributed by atoms with Crippen LogP contribution in [0.2, 0.25) is 0 Å². The van der Waals surface area contributed by atoms with Gasteiger partial charge in [-0.1, -0.05) is 30.3 Å². The number of amides is 1. The highest BCUT2D eigenvalue weighted by Gasteiger charge is 2.30. The Bertz CT molecular complexity index is 1100. The van der Waals surface area contributed by atoms with Crippen molar-refractivity contribution in [3.63, 3.8) is 0 Å². The van der Waals surface area contributed by atoms with Crippen molar-refractivity contribution in [3.05, 3.63) is 48.0 Å². The molecule has 2 aromatic heterocycles. The molecule has 152 valence electrons.